The SMILES string of the molecule is CCCCOCCOCC(NCCC)C(C)CC. The van der Waals surface area contributed by atoms with Crippen molar-refractivity contribution in [2.24, 2.45) is 5.92 Å². The quantitative estimate of drug-likeness (QED) is 0.515. The molecule has 0 aromatic carbocycles. The maximum absolute atomic E-state index is 5.71. The van der Waals surface area contributed by atoms with Gasteiger partial charge in [0.05, 0.1) is 19.8 Å². The van der Waals surface area contributed by atoms with Gasteiger partial charge in [0.15, 0.2) is 0 Å². The summed E-state index contributed by atoms with van der Waals surface area (Å²) in [6.07, 6.45) is 4.70. The average Bonchev–Trinajstić information content (AvgIpc) is 2.40. The summed E-state index contributed by atoms with van der Waals surface area (Å²) < 4.78 is 11.2. The summed E-state index contributed by atoms with van der Waals surface area (Å²) in [5.74, 6) is 0.664. The first kappa shape index (κ1) is 17.9. The number of ether oxygens (including phenoxy) is 2. The number of unbranched alkanes of at least 4 members (excludes halogenated alkanes) is 1. The van der Waals surface area contributed by atoms with Crippen LogP contribution in [0.5, 0.6) is 0 Å². The van der Waals surface area contributed by atoms with Gasteiger partial charge in [-0.2, -0.15) is 0 Å². The predicted molar refractivity (Wildman–Crippen MR) is 78.1 cm³/mol. The molecule has 18 heavy (non-hydrogen) atoms. The van der Waals surface area contributed by atoms with Crippen LogP contribution in [-0.2, 0) is 9.47 Å². The third-order valence-electron chi connectivity index (χ3n) is 3.30. The summed E-state index contributed by atoms with van der Waals surface area (Å²) >= 11 is 0. The number of nitrogens with one attached hydrogen (secondary N) is 1. The van der Waals surface area contributed by atoms with Crippen LogP contribution < -0.4 is 5.32 Å². The van der Waals surface area contributed by atoms with Crippen LogP contribution in [0.25, 0.3) is 0 Å². The van der Waals surface area contributed by atoms with Crippen molar-refractivity contribution in [2.45, 2.75) is 59.4 Å². The fraction of sp³-hybridized carbons (Fsp3) is 1.00. The summed E-state index contributed by atoms with van der Waals surface area (Å²) in [7, 11) is 0. The van der Waals surface area contributed by atoms with Crippen LogP contribution in [0.15, 0.2) is 0 Å². The Labute approximate surface area is 114 Å². The molecule has 0 heterocycles. The van der Waals surface area contributed by atoms with Crippen LogP contribution in [0.2, 0.25) is 0 Å². The number of rotatable bonds is 13. The van der Waals surface area contributed by atoms with Crippen LogP contribution in [-0.4, -0.2) is 39.0 Å². The molecule has 0 aliphatic carbocycles. The van der Waals surface area contributed by atoms with Crippen molar-refractivity contribution in [1.29, 1.82) is 0 Å². The Morgan fingerprint density at radius 1 is 0.944 bits per heavy atom. The fourth-order valence-electron chi connectivity index (χ4n) is 1.72. The highest BCUT2D eigenvalue weighted by Crippen LogP contribution is 2.08. The van der Waals surface area contributed by atoms with E-state index >= 15 is 0 Å². The van der Waals surface area contributed by atoms with Gasteiger partial charge in [0, 0.05) is 12.6 Å². The summed E-state index contributed by atoms with van der Waals surface area (Å²) in [6.45, 7) is 13.1. The molecule has 3 nitrogen and oxygen atoms in total. The van der Waals surface area contributed by atoms with E-state index in [-0.39, 0.29) is 0 Å². The van der Waals surface area contributed by atoms with E-state index in [9.17, 15) is 0 Å². The van der Waals surface area contributed by atoms with E-state index in [1.54, 1.807) is 0 Å². The lowest BCUT2D eigenvalue weighted by Crippen LogP contribution is -2.39. The maximum atomic E-state index is 5.71. The Kier molecular flexibility index (Phi) is 13.2. The fourth-order valence-corrected chi connectivity index (χ4v) is 1.72. The highest BCUT2D eigenvalue weighted by atomic mass is 16.5. The molecule has 3 heteroatoms. The second-order valence-corrected chi connectivity index (χ2v) is 4.99. The molecule has 0 rings (SSSR count). The van der Waals surface area contributed by atoms with E-state index in [4.69, 9.17) is 9.47 Å². The van der Waals surface area contributed by atoms with Crippen LogP contribution in [0.1, 0.15) is 53.4 Å². The molecule has 0 aliphatic rings. The van der Waals surface area contributed by atoms with Crippen molar-refractivity contribution in [3.63, 3.8) is 0 Å². The van der Waals surface area contributed by atoms with Crippen LogP contribution in [0, 0.1) is 5.92 Å². The number of hydrogen-bond donors (Lipinski definition) is 1. The zero-order chi connectivity index (χ0) is 13.6. The molecule has 110 valence electrons. The molecule has 0 bridgehead atoms. The maximum Gasteiger partial charge on any atom is 0.0701 e. The molecular formula is C15H33NO2. The molecule has 2 atom stereocenters. The Hall–Kier alpha value is -0.120. The molecule has 0 fully saturated rings. The van der Waals surface area contributed by atoms with Crippen LogP contribution in [0.4, 0.5) is 0 Å². The molecule has 0 amide bonds. The van der Waals surface area contributed by atoms with Crippen molar-refractivity contribution in [3.8, 4) is 0 Å². The monoisotopic (exact) mass is 259 g/mol. The first-order chi connectivity index (χ1) is 8.76. The van der Waals surface area contributed by atoms with Crippen LogP contribution >= 0.6 is 0 Å². The topological polar surface area (TPSA) is 30.5 Å². The second kappa shape index (κ2) is 13.3. The molecular weight excluding hydrogens is 226 g/mol. The van der Waals surface area contributed by atoms with Gasteiger partial charge in [-0.05, 0) is 25.3 Å². The van der Waals surface area contributed by atoms with Crippen molar-refractivity contribution in [2.75, 3.05) is 33.0 Å². The Balaban J connectivity index is 3.56. The summed E-state index contributed by atoms with van der Waals surface area (Å²) in [4.78, 5) is 0. The highest BCUT2D eigenvalue weighted by Gasteiger charge is 2.14. The molecule has 2 unspecified atom stereocenters. The van der Waals surface area contributed by atoms with Crippen molar-refractivity contribution < 1.29 is 9.47 Å². The van der Waals surface area contributed by atoms with Crippen molar-refractivity contribution >= 4 is 0 Å². The molecule has 0 aliphatic heterocycles. The van der Waals surface area contributed by atoms with Gasteiger partial charge in [-0.15, -0.1) is 0 Å². The van der Waals surface area contributed by atoms with E-state index in [1.165, 1.54) is 19.3 Å². The van der Waals surface area contributed by atoms with Gasteiger partial charge < -0.3 is 14.8 Å². The summed E-state index contributed by atoms with van der Waals surface area (Å²) in [5.41, 5.74) is 0. The smallest absolute Gasteiger partial charge is 0.0701 e. The minimum Gasteiger partial charge on any atom is -0.379 e. The predicted octanol–water partition coefficient (Wildman–Crippen LogP) is 3.23. The molecule has 0 saturated carbocycles. The van der Waals surface area contributed by atoms with E-state index in [0.29, 0.717) is 18.6 Å². The van der Waals surface area contributed by atoms with Gasteiger partial charge in [-0.3, -0.25) is 0 Å². The molecule has 0 saturated heterocycles. The Morgan fingerprint density at radius 2 is 1.67 bits per heavy atom. The van der Waals surface area contributed by atoms with Gasteiger partial charge in [-0.1, -0.05) is 40.5 Å². The minimum atomic E-state index is 0.477. The third-order valence-corrected chi connectivity index (χ3v) is 3.30. The minimum absolute atomic E-state index is 0.477. The average molecular weight is 259 g/mol. The van der Waals surface area contributed by atoms with Crippen molar-refractivity contribution in [3.05, 3.63) is 0 Å². The van der Waals surface area contributed by atoms with Gasteiger partial charge in [0.25, 0.3) is 0 Å². The van der Waals surface area contributed by atoms with Crippen LogP contribution in [0.3, 0.4) is 0 Å². The first-order valence-corrected chi connectivity index (χ1v) is 7.65. The second-order valence-electron chi connectivity index (χ2n) is 4.99. The lowest BCUT2D eigenvalue weighted by molar-refractivity contribution is 0.0320. The van der Waals surface area contributed by atoms with Crippen molar-refractivity contribution in [1.82, 2.24) is 5.32 Å². The summed E-state index contributed by atoms with van der Waals surface area (Å²) in [6, 6.07) is 0.477. The lowest BCUT2D eigenvalue weighted by Gasteiger charge is -2.24. The highest BCUT2D eigenvalue weighted by molar-refractivity contribution is 4.71. The molecule has 1 N–H and O–H groups in total. The van der Waals surface area contributed by atoms with E-state index in [0.717, 1.165) is 32.8 Å². The molecule has 0 aromatic rings. The molecule has 0 aromatic heterocycles. The van der Waals surface area contributed by atoms with E-state index in [2.05, 4.69) is 33.0 Å². The molecule has 0 radical (unpaired) electrons. The normalized spacial score (nSPS) is 14.7. The van der Waals surface area contributed by atoms with Gasteiger partial charge >= 0.3 is 0 Å². The standard InChI is InChI=1S/C15H33NO2/c1-5-8-10-17-11-12-18-13-15(14(4)7-3)16-9-6-2/h14-16H,5-13H2,1-4H3. The van der Waals surface area contributed by atoms with E-state index < -0.39 is 0 Å². The third kappa shape index (κ3) is 9.86. The summed E-state index contributed by atoms with van der Waals surface area (Å²) in [5, 5.41) is 3.57. The van der Waals surface area contributed by atoms with Gasteiger partial charge in [-0.25, -0.2) is 0 Å². The first-order valence-electron chi connectivity index (χ1n) is 7.65. The largest absolute Gasteiger partial charge is 0.379 e. The zero-order valence-corrected chi connectivity index (χ0v) is 12.8. The lowest BCUT2D eigenvalue weighted by atomic mass is 10.00. The Bertz CT molecular complexity index is 165. The van der Waals surface area contributed by atoms with E-state index in [1.807, 2.05) is 0 Å². The number of hydrogen-bond acceptors (Lipinski definition) is 3. The zero-order valence-electron chi connectivity index (χ0n) is 12.8. The van der Waals surface area contributed by atoms with Gasteiger partial charge in [0.1, 0.15) is 0 Å². The Morgan fingerprint density at radius 3 is 2.28 bits per heavy atom. The van der Waals surface area contributed by atoms with Gasteiger partial charge in [0.2, 0.25) is 0 Å². The molecule has 0 spiro atoms.